The van der Waals surface area contributed by atoms with Gasteiger partial charge >= 0.3 is 0 Å². The number of rotatable bonds is 8. The van der Waals surface area contributed by atoms with Crippen LogP contribution in [0.5, 0.6) is 0 Å². The molecule has 1 atom stereocenters. The number of carbonyl (C=O) groups excluding carboxylic acids is 1. The third-order valence-corrected chi connectivity index (χ3v) is 3.84. The van der Waals surface area contributed by atoms with Crippen molar-refractivity contribution >= 4 is 17.7 Å². The molecule has 0 aliphatic rings. The molecule has 0 aliphatic heterocycles. The molecule has 2 N–H and O–H groups in total. The van der Waals surface area contributed by atoms with Gasteiger partial charge in [-0.15, -0.1) is 11.8 Å². The number of hydrogen-bond acceptors (Lipinski definition) is 3. The molecule has 1 rings (SSSR count). The zero-order valence-electron chi connectivity index (χ0n) is 11.7. The molecule has 106 valence electrons. The fourth-order valence-corrected chi connectivity index (χ4v) is 2.56. The van der Waals surface area contributed by atoms with Crippen molar-refractivity contribution in [2.75, 3.05) is 12.4 Å². The van der Waals surface area contributed by atoms with Gasteiger partial charge in [-0.2, -0.15) is 0 Å². The first kappa shape index (κ1) is 16.1. The van der Waals surface area contributed by atoms with E-state index >= 15 is 0 Å². The van der Waals surface area contributed by atoms with Gasteiger partial charge in [0, 0.05) is 29.7 Å². The second-order valence-corrected chi connectivity index (χ2v) is 5.91. The number of aliphatic hydroxyl groups is 1. The number of benzene rings is 1. The molecule has 3 nitrogen and oxygen atoms in total. The maximum atomic E-state index is 11.7. The summed E-state index contributed by atoms with van der Waals surface area (Å²) in [5, 5.41) is 11.7. The van der Waals surface area contributed by atoms with E-state index in [4.69, 9.17) is 5.11 Å². The molecule has 1 aromatic carbocycles. The number of thioether (sulfide) groups is 1. The summed E-state index contributed by atoms with van der Waals surface area (Å²) in [6.45, 7) is 4.22. The summed E-state index contributed by atoms with van der Waals surface area (Å²) in [6, 6.07) is 8.48. The summed E-state index contributed by atoms with van der Waals surface area (Å²) in [4.78, 5) is 12.9. The number of aliphatic hydroxyl groups excluding tert-OH is 1. The minimum absolute atomic E-state index is 0.0880. The Morgan fingerprint density at radius 2 is 2.05 bits per heavy atom. The fraction of sp³-hybridized carbons (Fsp3) is 0.533. The van der Waals surface area contributed by atoms with Gasteiger partial charge in [0.25, 0.3) is 0 Å². The van der Waals surface area contributed by atoms with Crippen LogP contribution in [0.15, 0.2) is 29.2 Å². The number of nitrogens with one attached hydrogen (secondary N) is 1. The lowest BCUT2D eigenvalue weighted by Crippen LogP contribution is -2.32. The van der Waals surface area contributed by atoms with E-state index in [1.165, 1.54) is 10.5 Å². The van der Waals surface area contributed by atoms with Gasteiger partial charge in [-0.1, -0.05) is 17.7 Å². The van der Waals surface area contributed by atoms with Crippen LogP contribution in [-0.4, -0.2) is 29.4 Å². The quantitative estimate of drug-likeness (QED) is 0.720. The molecule has 0 aromatic heterocycles. The highest BCUT2D eigenvalue weighted by molar-refractivity contribution is 7.99. The fourth-order valence-electron chi connectivity index (χ4n) is 1.71. The second kappa shape index (κ2) is 8.99. The molecule has 1 unspecified atom stereocenters. The molecule has 0 saturated carbocycles. The van der Waals surface area contributed by atoms with Crippen molar-refractivity contribution in [2.45, 2.75) is 44.0 Å². The van der Waals surface area contributed by atoms with Crippen LogP contribution in [0.3, 0.4) is 0 Å². The van der Waals surface area contributed by atoms with E-state index in [-0.39, 0.29) is 18.6 Å². The van der Waals surface area contributed by atoms with Crippen molar-refractivity contribution in [1.82, 2.24) is 5.32 Å². The standard InChI is InChI=1S/C15H23NO2S/c1-12-5-7-14(8-6-12)19-11-9-15(18)16-13(2)4-3-10-17/h5-8,13,17H,3-4,9-11H2,1-2H3,(H,16,18). The number of carbonyl (C=O) groups is 1. The lowest BCUT2D eigenvalue weighted by Gasteiger charge is -2.12. The van der Waals surface area contributed by atoms with Crippen LogP contribution in [-0.2, 0) is 4.79 Å². The van der Waals surface area contributed by atoms with Gasteiger partial charge in [-0.3, -0.25) is 4.79 Å². The summed E-state index contributed by atoms with van der Waals surface area (Å²) >= 11 is 1.70. The highest BCUT2D eigenvalue weighted by atomic mass is 32.2. The van der Waals surface area contributed by atoms with Gasteiger partial charge in [-0.25, -0.2) is 0 Å². The van der Waals surface area contributed by atoms with Crippen molar-refractivity contribution < 1.29 is 9.90 Å². The Kier molecular flexibility index (Phi) is 7.60. The molecular formula is C15H23NO2S. The Morgan fingerprint density at radius 3 is 2.68 bits per heavy atom. The SMILES string of the molecule is Cc1ccc(SCCC(=O)NC(C)CCCO)cc1. The van der Waals surface area contributed by atoms with Crippen molar-refractivity contribution in [3.05, 3.63) is 29.8 Å². The Bertz CT molecular complexity index is 378. The van der Waals surface area contributed by atoms with Crippen LogP contribution in [0.4, 0.5) is 0 Å². The number of aryl methyl sites for hydroxylation is 1. The third-order valence-electron chi connectivity index (χ3n) is 2.82. The Morgan fingerprint density at radius 1 is 1.37 bits per heavy atom. The third kappa shape index (κ3) is 7.23. The average molecular weight is 281 g/mol. The number of hydrogen-bond donors (Lipinski definition) is 2. The van der Waals surface area contributed by atoms with Crippen LogP contribution < -0.4 is 5.32 Å². The normalized spacial score (nSPS) is 12.2. The lowest BCUT2D eigenvalue weighted by molar-refractivity contribution is -0.121. The first-order valence-corrected chi connectivity index (χ1v) is 7.70. The minimum atomic E-state index is 0.0880. The van der Waals surface area contributed by atoms with Crippen LogP contribution in [0.25, 0.3) is 0 Å². The van der Waals surface area contributed by atoms with Gasteiger partial charge in [-0.05, 0) is 38.8 Å². The summed E-state index contributed by atoms with van der Waals surface area (Å²) < 4.78 is 0. The van der Waals surface area contributed by atoms with Gasteiger partial charge in [0.2, 0.25) is 5.91 Å². The molecular weight excluding hydrogens is 258 g/mol. The molecule has 0 radical (unpaired) electrons. The Hall–Kier alpha value is -1.00. The van der Waals surface area contributed by atoms with Gasteiger partial charge < -0.3 is 10.4 Å². The average Bonchev–Trinajstić information content (AvgIpc) is 2.38. The van der Waals surface area contributed by atoms with Gasteiger partial charge in [0.15, 0.2) is 0 Å². The molecule has 0 bridgehead atoms. The first-order chi connectivity index (χ1) is 9.11. The molecule has 1 aromatic rings. The van der Waals surface area contributed by atoms with Crippen LogP contribution in [0.2, 0.25) is 0 Å². The van der Waals surface area contributed by atoms with E-state index in [1.54, 1.807) is 11.8 Å². The molecule has 0 aliphatic carbocycles. The summed E-state index contributed by atoms with van der Waals surface area (Å²) in [5.41, 5.74) is 1.25. The molecule has 0 heterocycles. The van der Waals surface area contributed by atoms with E-state index < -0.39 is 0 Å². The Labute approximate surface area is 119 Å². The summed E-state index contributed by atoms with van der Waals surface area (Å²) in [5.74, 6) is 0.881. The van der Waals surface area contributed by atoms with Crippen molar-refractivity contribution in [2.24, 2.45) is 0 Å². The second-order valence-electron chi connectivity index (χ2n) is 4.75. The maximum Gasteiger partial charge on any atom is 0.221 e. The molecule has 19 heavy (non-hydrogen) atoms. The smallest absolute Gasteiger partial charge is 0.221 e. The molecule has 1 amide bonds. The zero-order valence-corrected chi connectivity index (χ0v) is 12.5. The van der Waals surface area contributed by atoms with E-state index in [0.717, 1.165) is 18.6 Å². The van der Waals surface area contributed by atoms with Crippen LogP contribution in [0, 0.1) is 6.92 Å². The van der Waals surface area contributed by atoms with Gasteiger partial charge in [0.05, 0.1) is 0 Å². The highest BCUT2D eigenvalue weighted by Crippen LogP contribution is 2.18. The number of amides is 1. The highest BCUT2D eigenvalue weighted by Gasteiger charge is 2.06. The van der Waals surface area contributed by atoms with Crippen LogP contribution >= 0.6 is 11.8 Å². The molecule has 0 fully saturated rings. The molecule has 0 saturated heterocycles. The van der Waals surface area contributed by atoms with E-state index in [1.807, 2.05) is 6.92 Å². The largest absolute Gasteiger partial charge is 0.396 e. The molecule has 0 spiro atoms. The topological polar surface area (TPSA) is 49.3 Å². The van der Waals surface area contributed by atoms with E-state index in [2.05, 4.69) is 36.5 Å². The van der Waals surface area contributed by atoms with Crippen molar-refractivity contribution in [3.8, 4) is 0 Å². The maximum absolute atomic E-state index is 11.7. The van der Waals surface area contributed by atoms with E-state index in [9.17, 15) is 4.79 Å². The zero-order chi connectivity index (χ0) is 14.1. The Balaban J connectivity index is 2.18. The minimum Gasteiger partial charge on any atom is -0.396 e. The predicted octanol–water partition coefficient (Wildman–Crippen LogP) is 2.75. The van der Waals surface area contributed by atoms with Gasteiger partial charge in [0.1, 0.15) is 0 Å². The molecule has 4 heteroatoms. The predicted molar refractivity (Wildman–Crippen MR) is 80.4 cm³/mol. The first-order valence-electron chi connectivity index (χ1n) is 6.71. The monoisotopic (exact) mass is 281 g/mol. The summed E-state index contributed by atoms with van der Waals surface area (Å²) in [6.07, 6.45) is 2.09. The summed E-state index contributed by atoms with van der Waals surface area (Å²) in [7, 11) is 0. The van der Waals surface area contributed by atoms with Crippen molar-refractivity contribution in [1.29, 1.82) is 0 Å². The van der Waals surface area contributed by atoms with E-state index in [0.29, 0.717) is 6.42 Å². The lowest BCUT2D eigenvalue weighted by atomic mass is 10.2. The van der Waals surface area contributed by atoms with Crippen molar-refractivity contribution in [3.63, 3.8) is 0 Å². The van der Waals surface area contributed by atoms with Crippen LogP contribution in [0.1, 0.15) is 31.7 Å².